The number of phenols is 1. The Bertz CT molecular complexity index is 734. The minimum atomic E-state index is -0.547. The SMILES string of the molecule is CCC(C)OC(=O)c1ccc(OC)cc1C(=O)c1ccc(O)cc1. The molecule has 0 amide bonds. The van der Waals surface area contributed by atoms with Crippen LogP contribution in [0.3, 0.4) is 0 Å². The van der Waals surface area contributed by atoms with Gasteiger partial charge >= 0.3 is 5.97 Å². The van der Waals surface area contributed by atoms with Gasteiger partial charge in [-0.3, -0.25) is 4.79 Å². The molecule has 0 saturated carbocycles. The molecule has 1 unspecified atom stereocenters. The van der Waals surface area contributed by atoms with E-state index >= 15 is 0 Å². The van der Waals surface area contributed by atoms with E-state index in [-0.39, 0.29) is 28.8 Å². The zero-order chi connectivity index (χ0) is 17.7. The van der Waals surface area contributed by atoms with E-state index in [1.807, 2.05) is 6.92 Å². The van der Waals surface area contributed by atoms with Crippen LogP contribution in [0.5, 0.6) is 11.5 Å². The van der Waals surface area contributed by atoms with Crippen LogP contribution in [0.15, 0.2) is 42.5 Å². The normalized spacial score (nSPS) is 11.6. The number of esters is 1. The van der Waals surface area contributed by atoms with Gasteiger partial charge in [0.05, 0.1) is 18.8 Å². The number of ether oxygens (including phenoxy) is 2. The first-order valence-corrected chi connectivity index (χ1v) is 7.69. The van der Waals surface area contributed by atoms with Crippen LogP contribution < -0.4 is 4.74 Å². The first-order chi connectivity index (χ1) is 11.5. The van der Waals surface area contributed by atoms with Crippen molar-refractivity contribution in [1.29, 1.82) is 0 Å². The van der Waals surface area contributed by atoms with Crippen LogP contribution in [0.1, 0.15) is 46.5 Å². The molecule has 2 aromatic rings. The van der Waals surface area contributed by atoms with Gasteiger partial charge in [0.2, 0.25) is 0 Å². The predicted octanol–water partition coefficient (Wildman–Crippen LogP) is 3.59. The highest BCUT2D eigenvalue weighted by Crippen LogP contribution is 2.23. The van der Waals surface area contributed by atoms with Gasteiger partial charge in [0.1, 0.15) is 11.5 Å². The second-order valence-electron chi connectivity index (χ2n) is 5.41. The number of carbonyl (C=O) groups excluding carboxylic acids is 2. The molecule has 24 heavy (non-hydrogen) atoms. The lowest BCUT2D eigenvalue weighted by Gasteiger charge is -2.14. The van der Waals surface area contributed by atoms with Crippen LogP contribution in [-0.2, 0) is 4.74 Å². The molecule has 2 rings (SSSR count). The summed E-state index contributed by atoms with van der Waals surface area (Å²) >= 11 is 0. The maximum atomic E-state index is 12.8. The zero-order valence-corrected chi connectivity index (χ0v) is 13.9. The number of methoxy groups -OCH3 is 1. The molecule has 2 aromatic carbocycles. The molecule has 1 N–H and O–H groups in total. The van der Waals surface area contributed by atoms with Crippen LogP contribution in [0, 0.1) is 0 Å². The fraction of sp³-hybridized carbons (Fsp3) is 0.263. The summed E-state index contributed by atoms with van der Waals surface area (Å²) in [6, 6.07) is 10.5. The van der Waals surface area contributed by atoms with Crippen LogP contribution in [0.25, 0.3) is 0 Å². The minimum Gasteiger partial charge on any atom is -0.508 e. The molecule has 0 fully saturated rings. The number of aromatic hydroxyl groups is 1. The summed E-state index contributed by atoms with van der Waals surface area (Å²) in [5.41, 5.74) is 0.751. The average Bonchev–Trinajstić information content (AvgIpc) is 2.60. The van der Waals surface area contributed by atoms with E-state index in [0.717, 1.165) is 0 Å². The summed E-state index contributed by atoms with van der Waals surface area (Å²) in [5, 5.41) is 9.35. The van der Waals surface area contributed by atoms with Crippen molar-refractivity contribution in [2.45, 2.75) is 26.4 Å². The third kappa shape index (κ3) is 3.93. The molecule has 0 spiro atoms. The van der Waals surface area contributed by atoms with Crippen LogP contribution in [0.4, 0.5) is 0 Å². The first-order valence-electron chi connectivity index (χ1n) is 7.69. The lowest BCUT2D eigenvalue weighted by Crippen LogP contribution is -2.17. The molecule has 0 aliphatic heterocycles. The summed E-state index contributed by atoms with van der Waals surface area (Å²) in [6.45, 7) is 3.71. The quantitative estimate of drug-likeness (QED) is 0.648. The van der Waals surface area contributed by atoms with Gasteiger partial charge in [-0.15, -0.1) is 0 Å². The number of hydrogen-bond donors (Lipinski definition) is 1. The summed E-state index contributed by atoms with van der Waals surface area (Å²) < 4.78 is 10.5. The van der Waals surface area contributed by atoms with Crippen molar-refractivity contribution in [2.24, 2.45) is 0 Å². The second-order valence-corrected chi connectivity index (χ2v) is 5.41. The molecule has 0 radical (unpaired) electrons. The number of ketones is 1. The monoisotopic (exact) mass is 328 g/mol. The van der Waals surface area contributed by atoms with Crippen LogP contribution >= 0.6 is 0 Å². The fourth-order valence-electron chi connectivity index (χ4n) is 2.11. The summed E-state index contributed by atoms with van der Waals surface area (Å²) in [5.74, 6) is -0.357. The highest BCUT2D eigenvalue weighted by Gasteiger charge is 2.21. The van der Waals surface area contributed by atoms with Gasteiger partial charge in [0, 0.05) is 11.1 Å². The topological polar surface area (TPSA) is 72.8 Å². The summed E-state index contributed by atoms with van der Waals surface area (Å²) in [7, 11) is 1.49. The Morgan fingerprint density at radius 2 is 1.75 bits per heavy atom. The molecule has 0 heterocycles. The third-order valence-electron chi connectivity index (χ3n) is 3.70. The van der Waals surface area contributed by atoms with Crippen molar-refractivity contribution in [3.63, 3.8) is 0 Å². The van der Waals surface area contributed by atoms with E-state index in [9.17, 15) is 14.7 Å². The number of benzene rings is 2. The fourth-order valence-corrected chi connectivity index (χ4v) is 2.11. The molecule has 0 aromatic heterocycles. The van der Waals surface area contributed by atoms with Crippen LogP contribution in [0.2, 0.25) is 0 Å². The van der Waals surface area contributed by atoms with Gasteiger partial charge in [-0.2, -0.15) is 0 Å². The van der Waals surface area contributed by atoms with E-state index in [2.05, 4.69) is 0 Å². The van der Waals surface area contributed by atoms with Crippen LogP contribution in [-0.4, -0.2) is 30.1 Å². The average molecular weight is 328 g/mol. The number of phenolic OH excluding ortho intramolecular Hbond substituents is 1. The summed E-state index contributed by atoms with van der Waals surface area (Å²) in [6.07, 6.45) is 0.444. The maximum absolute atomic E-state index is 12.8. The molecule has 0 saturated heterocycles. The van der Waals surface area contributed by atoms with Crippen molar-refractivity contribution in [3.05, 3.63) is 59.2 Å². The number of carbonyl (C=O) groups is 2. The molecule has 0 aliphatic carbocycles. The van der Waals surface area contributed by atoms with Crippen molar-refractivity contribution < 1.29 is 24.2 Å². The first kappa shape index (κ1) is 17.5. The molecule has 0 aliphatic rings. The Balaban J connectivity index is 2.44. The minimum absolute atomic E-state index is 0.0635. The Labute approximate surface area is 140 Å². The Kier molecular flexibility index (Phi) is 5.58. The van der Waals surface area contributed by atoms with Gasteiger partial charge < -0.3 is 14.6 Å². The molecular formula is C19H20O5. The number of hydrogen-bond acceptors (Lipinski definition) is 5. The highest BCUT2D eigenvalue weighted by atomic mass is 16.5. The highest BCUT2D eigenvalue weighted by molar-refractivity contribution is 6.14. The zero-order valence-electron chi connectivity index (χ0n) is 13.9. The largest absolute Gasteiger partial charge is 0.508 e. The van der Waals surface area contributed by atoms with Gasteiger partial charge in [0.25, 0.3) is 0 Å². The lowest BCUT2D eigenvalue weighted by atomic mass is 9.98. The molecule has 5 heteroatoms. The van der Waals surface area contributed by atoms with E-state index in [4.69, 9.17) is 9.47 Å². The van der Waals surface area contributed by atoms with Crippen molar-refractivity contribution >= 4 is 11.8 Å². The lowest BCUT2D eigenvalue weighted by molar-refractivity contribution is 0.0332. The second kappa shape index (κ2) is 7.64. The Hall–Kier alpha value is -2.82. The van der Waals surface area contributed by atoms with Gasteiger partial charge in [-0.1, -0.05) is 6.92 Å². The van der Waals surface area contributed by atoms with E-state index in [0.29, 0.717) is 17.7 Å². The molecule has 126 valence electrons. The summed E-state index contributed by atoms with van der Waals surface area (Å²) in [4.78, 5) is 25.1. The molecular weight excluding hydrogens is 308 g/mol. The molecule has 5 nitrogen and oxygen atoms in total. The van der Waals surface area contributed by atoms with E-state index in [1.165, 1.54) is 43.5 Å². The van der Waals surface area contributed by atoms with Crippen molar-refractivity contribution in [1.82, 2.24) is 0 Å². The third-order valence-corrected chi connectivity index (χ3v) is 3.70. The van der Waals surface area contributed by atoms with Gasteiger partial charge in [0.15, 0.2) is 5.78 Å². The maximum Gasteiger partial charge on any atom is 0.339 e. The van der Waals surface area contributed by atoms with E-state index in [1.54, 1.807) is 13.0 Å². The molecule has 1 atom stereocenters. The van der Waals surface area contributed by atoms with E-state index < -0.39 is 5.97 Å². The van der Waals surface area contributed by atoms with Gasteiger partial charge in [-0.25, -0.2) is 4.79 Å². The molecule has 0 bridgehead atoms. The Morgan fingerprint density at radius 3 is 2.33 bits per heavy atom. The standard InChI is InChI=1S/C19H20O5/c1-4-12(2)24-19(22)16-10-9-15(23-3)11-17(16)18(21)13-5-7-14(20)8-6-13/h5-12,20H,4H2,1-3H3. The number of rotatable bonds is 6. The van der Waals surface area contributed by atoms with Crippen molar-refractivity contribution in [2.75, 3.05) is 7.11 Å². The smallest absolute Gasteiger partial charge is 0.339 e. The predicted molar refractivity (Wildman–Crippen MR) is 89.7 cm³/mol. The Morgan fingerprint density at radius 1 is 1.08 bits per heavy atom. The van der Waals surface area contributed by atoms with Crippen molar-refractivity contribution in [3.8, 4) is 11.5 Å². The van der Waals surface area contributed by atoms with Gasteiger partial charge in [-0.05, 0) is 55.8 Å².